The molecule has 5 nitrogen and oxygen atoms in total. The van der Waals surface area contributed by atoms with Crippen LogP contribution in [0.25, 0.3) is 0 Å². The lowest BCUT2D eigenvalue weighted by atomic mass is 9.88. The van der Waals surface area contributed by atoms with Crippen molar-refractivity contribution in [3.63, 3.8) is 0 Å². The predicted octanol–water partition coefficient (Wildman–Crippen LogP) is 1.85. The zero-order chi connectivity index (χ0) is 15.8. The number of hydrogen-bond acceptors (Lipinski definition) is 3. The Hall–Kier alpha value is -1.40. The van der Waals surface area contributed by atoms with E-state index in [1.165, 1.54) is 0 Å². The first-order valence-electron chi connectivity index (χ1n) is 7.78. The summed E-state index contributed by atoms with van der Waals surface area (Å²) in [5.74, 6) is 0.180. The van der Waals surface area contributed by atoms with Gasteiger partial charge in [0.15, 0.2) is 0 Å². The number of carbonyl (C=O) groups excluding carboxylic acids is 1. The van der Waals surface area contributed by atoms with Gasteiger partial charge in [0.05, 0.1) is 4.90 Å². The fraction of sp³-hybridized carbons (Fsp3) is 0.562. The van der Waals surface area contributed by atoms with E-state index >= 15 is 0 Å². The van der Waals surface area contributed by atoms with E-state index in [0.717, 1.165) is 25.7 Å². The first kappa shape index (κ1) is 15.5. The van der Waals surface area contributed by atoms with Crippen molar-refractivity contribution < 1.29 is 13.2 Å². The third-order valence-electron chi connectivity index (χ3n) is 5.15. The normalized spacial score (nSPS) is 27.3. The fourth-order valence-electron chi connectivity index (χ4n) is 3.66. The van der Waals surface area contributed by atoms with Crippen molar-refractivity contribution in [2.75, 3.05) is 20.1 Å². The molecule has 0 N–H and O–H groups in total. The molecule has 0 aliphatic carbocycles. The summed E-state index contributed by atoms with van der Waals surface area (Å²) in [6.07, 6.45) is 3.84. The summed E-state index contributed by atoms with van der Waals surface area (Å²) in [5, 5.41) is 0. The van der Waals surface area contributed by atoms with Gasteiger partial charge in [0.2, 0.25) is 15.9 Å². The van der Waals surface area contributed by atoms with Crippen molar-refractivity contribution in [1.29, 1.82) is 0 Å². The van der Waals surface area contributed by atoms with Gasteiger partial charge in [-0.25, -0.2) is 8.42 Å². The van der Waals surface area contributed by atoms with Gasteiger partial charge in [-0.15, -0.1) is 0 Å². The highest BCUT2D eigenvalue weighted by atomic mass is 32.2. The average molecular weight is 322 g/mol. The largest absolute Gasteiger partial charge is 0.340 e. The van der Waals surface area contributed by atoms with Crippen LogP contribution in [0.15, 0.2) is 35.2 Å². The van der Waals surface area contributed by atoms with Crippen molar-refractivity contribution in [1.82, 2.24) is 9.21 Å². The minimum Gasteiger partial charge on any atom is -0.340 e. The quantitative estimate of drug-likeness (QED) is 0.835. The van der Waals surface area contributed by atoms with Crippen LogP contribution in [0, 0.1) is 0 Å². The van der Waals surface area contributed by atoms with Crippen LogP contribution in [0.4, 0.5) is 0 Å². The molecule has 6 heteroatoms. The Morgan fingerprint density at radius 3 is 2.41 bits per heavy atom. The van der Waals surface area contributed by atoms with Crippen molar-refractivity contribution in [3.05, 3.63) is 30.3 Å². The van der Waals surface area contributed by atoms with E-state index in [9.17, 15) is 13.2 Å². The van der Waals surface area contributed by atoms with E-state index in [1.54, 1.807) is 28.6 Å². The van der Waals surface area contributed by atoms with Gasteiger partial charge in [-0.1, -0.05) is 18.2 Å². The summed E-state index contributed by atoms with van der Waals surface area (Å²) in [7, 11) is -1.57. The van der Waals surface area contributed by atoms with Gasteiger partial charge in [-0.2, -0.15) is 4.31 Å². The van der Waals surface area contributed by atoms with Gasteiger partial charge >= 0.3 is 0 Å². The number of nitrogens with zero attached hydrogens (tertiary/aromatic N) is 2. The Balaban J connectivity index is 1.80. The zero-order valence-electron chi connectivity index (χ0n) is 12.9. The van der Waals surface area contributed by atoms with Crippen LogP contribution in [0.5, 0.6) is 0 Å². The Morgan fingerprint density at radius 1 is 1.05 bits per heavy atom. The molecule has 120 valence electrons. The minimum absolute atomic E-state index is 0.141. The molecule has 3 rings (SSSR count). The molecule has 1 unspecified atom stereocenters. The van der Waals surface area contributed by atoms with Crippen molar-refractivity contribution in [3.8, 4) is 0 Å². The van der Waals surface area contributed by atoms with Crippen LogP contribution >= 0.6 is 0 Å². The molecule has 22 heavy (non-hydrogen) atoms. The van der Waals surface area contributed by atoms with Crippen molar-refractivity contribution in [2.45, 2.75) is 42.5 Å². The smallest absolute Gasteiger partial charge is 0.243 e. The lowest BCUT2D eigenvalue weighted by Crippen LogP contribution is -2.44. The first-order chi connectivity index (χ1) is 10.5. The predicted molar refractivity (Wildman–Crippen MR) is 83.8 cm³/mol. The van der Waals surface area contributed by atoms with Crippen molar-refractivity contribution >= 4 is 15.9 Å². The Bertz CT molecular complexity index is 659. The highest BCUT2D eigenvalue weighted by Crippen LogP contribution is 2.38. The number of hydrogen-bond donors (Lipinski definition) is 0. The number of benzene rings is 1. The van der Waals surface area contributed by atoms with E-state index < -0.39 is 10.0 Å². The molecule has 0 radical (unpaired) electrons. The molecule has 1 aromatic carbocycles. The summed E-state index contributed by atoms with van der Waals surface area (Å²) in [6.45, 7) is 1.01. The van der Waals surface area contributed by atoms with Crippen molar-refractivity contribution in [2.24, 2.45) is 0 Å². The number of carbonyl (C=O) groups is 1. The highest BCUT2D eigenvalue weighted by molar-refractivity contribution is 7.89. The lowest BCUT2D eigenvalue weighted by molar-refractivity contribution is -0.129. The standard InChI is InChI=1S/C16H22N2O3S/c1-17-15(19)8-10-16(17)9-5-12-18(13-11-16)22(20,21)14-6-3-2-4-7-14/h2-4,6-7H,5,8-13H2,1H3. The van der Waals surface area contributed by atoms with Crippen LogP contribution in [0.3, 0.4) is 0 Å². The maximum atomic E-state index is 12.7. The second-order valence-electron chi connectivity index (χ2n) is 6.25. The first-order valence-corrected chi connectivity index (χ1v) is 9.22. The van der Waals surface area contributed by atoms with Gasteiger partial charge in [0.25, 0.3) is 0 Å². The molecule has 1 amide bonds. The van der Waals surface area contributed by atoms with Crippen LogP contribution < -0.4 is 0 Å². The summed E-state index contributed by atoms with van der Waals surface area (Å²) in [6, 6.07) is 8.59. The van der Waals surface area contributed by atoms with E-state index in [0.29, 0.717) is 24.4 Å². The lowest BCUT2D eigenvalue weighted by Gasteiger charge is -2.35. The number of sulfonamides is 1. The Kier molecular flexibility index (Phi) is 3.99. The molecular formula is C16H22N2O3S. The Labute approximate surface area is 132 Å². The highest BCUT2D eigenvalue weighted by Gasteiger charge is 2.44. The third kappa shape index (κ3) is 2.54. The molecule has 2 saturated heterocycles. The second-order valence-corrected chi connectivity index (χ2v) is 8.19. The molecule has 0 saturated carbocycles. The summed E-state index contributed by atoms with van der Waals surface area (Å²) in [5.41, 5.74) is -0.141. The van der Waals surface area contributed by atoms with Gasteiger partial charge in [0.1, 0.15) is 0 Å². The molecule has 2 fully saturated rings. The average Bonchev–Trinajstić information content (AvgIpc) is 2.71. The van der Waals surface area contributed by atoms with Crippen LogP contribution in [0.1, 0.15) is 32.1 Å². The molecule has 1 atom stereocenters. The van der Waals surface area contributed by atoms with Gasteiger partial charge in [0, 0.05) is 32.1 Å². The van der Waals surface area contributed by atoms with Gasteiger partial charge in [-0.05, 0) is 37.8 Å². The molecule has 0 aromatic heterocycles. The molecular weight excluding hydrogens is 300 g/mol. The van der Waals surface area contributed by atoms with Crippen LogP contribution in [-0.2, 0) is 14.8 Å². The Morgan fingerprint density at radius 2 is 1.77 bits per heavy atom. The topological polar surface area (TPSA) is 57.7 Å². The fourth-order valence-corrected chi connectivity index (χ4v) is 5.16. The molecule has 2 aliphatic rings. The molecule has 2 heterocycles. The summed E-state index contributed by atoms with van der Waals surface area (Å²) in [4.78, 5) is 14.1. The van der Waals surface area contributed by atoms with Gasteiger partial charge in [-0.3, -0.25) is 4.79 Å². The molecule has 1 aromatic rings. The maximum absolute atomic E-state index is 12.7. The van der Waals surface area contributed by atoms with Crippen LogP contribution in [-0.4, -0.2) is 49.2 Å². The number of amides is 1. The van der Waals surface area contributed by atoms with Crippen LogP contribution in [0.2, 0.25) is 0 Å². The number of likely N-dealkylation sites (tertiary alicyclic amines) is 1. The van der Waals surface area contributed by atoms with E-state index in [1.807, 2.05) is 18.0 Å². The molecule has 1 spiro atoms. The van der Waals surface area contributed by atoms with E-state index in [2.05, 4.69) is 0 Å². The maximum Gasteiger partial charge on any atom is 0.243 e. The molecule has 0 bridgehead atoms. The second kappa shape index (κ2) is 5.66. The van der Waals surface area contributed by atoms with E-state index in [4.69, 9.17) is 0 Å². The number of rotatable bonds is 2. The zero-order valence-corrected chi connectivity index (χ0v) is 13.7. The third-order valence-corrected chi connectivity index (χ3v) is 7.06. The minimum atomic E-state index is -3.43. The van der Waals surface area contributed by atoms with Gasteiger partial charge < -0.3 is 4.90 Å². The van der Waals surface area contributed by atoms with E-state index in [-0.39, 0.29) is 11.4 Å². The SMILES string of the molecule is CN1C(=O)CCC12CCCN(S(=O)(=O)c1ccccc1)CC2. The summed E-state index contributed by atoms with van der Waals surface area (Å²) < 4.78 is 27.0. The summed E-state index contributed by atoms with van der Waals surface area (Å²) >= 11 is 0. The molecule has 2 aliphatic heterocycles. The monoisotopic (exact) mass is 322 g/mol.